The molecule has 1 atom stereocenters. The molecule has 0 aliphatic rings. The van der Waals surface area contributed by atoms with Crippen LogP contribution in [0.3, 0.4) is 0 Å². The average molecular weight is 345 g/mol. The first-order chi connectivity index (χ1) is 9.81. The van der Waals surface area contributed by atoms with Gasteiger partial charge >= 0.3 is 0 Å². The number of aldehydes is 1. The highest BCUT2D eigenvalue weighted by atomic mass is 79.9. The summed E-state index contributed by atoms with van der Waals surface area (Å²) >= 11 is 3.69. The predicted molar refractivity (Wildman–Crippen MR) is 93.6 cm³/mol. The summed E-state index contributed by atoms with van der Waals surface area (Å²) in [4.78, 5) is 10.8. The first-order valence-electron chi connectivity index (χ1n) is 8.54. The second-order valence-electron chi connectivity index (χ2n) is 5.65. The SMILES string of the molecule is CCCCCCCC/C=C\CCCC(Br)CCCC=O. The minimum atomic E-state index is 0.592. The largest absolute Gasteiger partial charge is 0.303 e. The van der Waals surface area contributed by atoms with Gasteiger partial charge in [-0.3, -0.25) is 0 Å². The molecule has 0 aromatic carbocycles. The second kappa shape index (κ2) is 16.9. The van der Waals surface area contributed by atoms with E-state index in [4.69, 9.17) is 0 Å². The lowest BCUT2D eigenvalue weighted by molar-refractivity contribution is -0.107. The molecule has 1 nitrogen and oxygen atoms in total. The maximum Gasteiger partial charge on any atom is 0.119 e. The Balaban J connectivity index is 3.20. The molecule has 0 aromatic heterocycles. The summed E-state index contributed by atoms with van der Waals surface area (Å²) in [6.45, 7) is 2.27. The third kappa shape index (κ3) is 15.9. The molecule has 0 amide bonds. The van der Waals surface area contributed by atoms with Gasteiger partial charge in [0.1, 0.15) is 6.29 Å². The highest BCUT2D eigenvalue weighted by Gasteiger charge is 2.02. The third-order valence-electron chi connectivity index (χ3n) is 3.62. The van der Waals surface area contributed by atoms with Crippen LogP contribution in [0.1, 0.15) is 90.4 Å². The van der Waals surface area contributed by atoms with E-state index >= 15 is 0 Å². The maximum atomic E-state index is 10.2. The molecule has 1 unspecified atom stereocenters. The second-order valence-corrected chi connectivity index (χ2v) is 6.95. The molecule has 0 aliphatic heterocycles. The predicted octanol–water partition coefficient (Wildman–Crippen LogP) is 6.60. The van der Waals surface area contributed by atoms with Gasteiger partial charge in [-0.05, 0) is 44.9 Å². The zero-order valence-electron chi connectivity index (χ0n) is 13.3. The molecule has 0 saturated carbocycles. The summed E-state index contributed by atoms with van der Waals surface area (Å²) in [6, 6.07) is 0. The number of hydrogen-bond acceptors (Lipinski definition) is 1. The number of hydrogen-bond donors (Lipinski definition) is 0. The first kappa shape index (κ1) is 19.9. The van der Waals surface area contributed by atoms with E-state index in [1.54, 1.807) is 0 Å². The van der Waals surface area contributed by atoms with E-state index in [1.807, 2.05) is 0 Å². The Morgan fingerprint density at radius 2 is 1.35 bits per heavy atom. The molecule has 118 valence electrons. The lowest BCUT2D eigenvalue weighted by Gasteiger charge is -2.06. The molecule has 0 spiro atoms. The Hall–Kier alpha value is -0.110. The monoisotopic (exact) mass is 344 g/mol. The van der Waals surface area contributed by atoms with Gasteiger partial charge < -0.3 is 4.79 Å². The Labute approximate surface area is 134 Å². The Bertz CT molecular complexity index is 225. The van der Waals surface area contributed by atoms with Crippen molar-refractivity contribution in [3.63, 3.8) is 0 Å². The van der Waals surface area contributed by atoms with Crippen molar-refractivity contribution in [1.82, 2.24) is 0 Å². The fourth-order valence-electron chi connectivity index (χ4n) is 2.30. The Morgan fingerprint density at radius 3 is 2.00 bits per heavy atom. The number of carbonyl (C=O) groups excluding carboxylic acids is 1. The van der Waals surface area contributed by atoms with Crippen LogP contribution < -0.4 is 0 Å². The van der Waals surface area contributed by atoms with Gasteiger partial charge in [0.05, 0.1) is 0 Å². The molecule has 2 heteroatoms. The zero-order chi connectivity index (χ0) is 14.9. The standard InChI is InChI=1S/C18H33BrO/c1-2-3-4-5-6-7-8-9-10-11-12-15-18(19)16-13-14-17-20/h9-10,17-18H,2-8,11-16H2,1H3/b10-9-. The van der Waals surface area contributed by atoms with Crippen molar-refractivity contribution in [3.8, 4) is 0 Å². The molecule has 0 saturated heterocycles. The van der Waals surface area contributed by atoms with Crippen molar-refractivity contribution in [2.45, 2.75) is 95.2 Å². The van der Waals surface area contributed by atoms with Crippen LogP contribution in [0.2, 0.25) is 0 Å². The summed E-state index contributed by atoms with van der Waals surface area (Å²) in [5.41, 5.74) is 0. The van der Waals surface area contributed by atoms with Crippen LogP contribution in [0.5, 0.6) is 0 Å². The third-order valence-corrected chi connectivity index (χ3v) is 4.53. The topological polar surface area (TPSA) is 17.1 Å². The van der Waals surface area contributed by atoms with Crippen LogP contribution in [-0.2, 0) is 4.79 Å². The summed E-state index contributed by atoms with van der Waals surface area (Å²) in [6.07, 6.45) is 21.8. The van der Waals surface area contributed by atoms with Crippen molar-refractivity contribution in [2.24, 2.45) is 0 Å². The number of unbranched alkanes of at least 4 members (excludes halogenated alkanes) is 8. The first-order valence-corrected chi connectivity index (χ1v) is 9.45. The van der Waals surface area contributed by atoms with Gasteiger partial charge in [-0.15, -0.1) is 0 Å². The van der Waals surface area contributed by atoms with E-state index in [1.165, 1.54) is 64.2 Å². The van der Waals surface area contributed by atoms with Gasteiger partial charge in [0.25, 0.3) is 0 Å². The molecule has 20 heavy (non-hydrogen) atoms. The number of halogens is 1. The van der Waals surface area contributed by atoms with Crippen LogP contribution in [0.4, 0.5) is 0 Å². The average Bonchev–Trinajstić information content (AvgIpc) is 2.45. The molecule has 0 aromatic rings. The van der Waals surface area contributed by atoms with Gasteiger partial charge in [0.2, 0.25) is 0 Å². The lowest BCUT2D eigenvalue weighted by atomic mass is 10.1. The molecule has 0 bridgehead atoms. The maximum absolute atomic E-state index is 10.2. The van der Waals surface area contributed by atoms with Crippen LogP contribution in [0.15, 0.2) is 12.2 Å². The molecule has 0 N–H and O–H groups in total. The van der Waals surface area contributed by atoms with Gasteiger partial charge in [0.15, 0.2) is 0 Å². The van der Waals surface area contributed by atoms with Gasteiger partial charge in [-0.2, -0.15) is 0 Å². The van der Waals surface area contributed by atoms with E-state index in [-0.39, 0.29) is 0 Å². The van der Waals surface area contributed by atoms with E-state index in [0.717, 1.165) is 19.1 Å². The highest BCUT2D eigenvalue weighted by molar-refractivity contribution is 9.09. The van der Waals surface area contributed by atoms with Crippen molar-refractivity contribution in [3.05, 3.63) is 12.2 Å². The minimum Gasteiger partial charge on any atom is -0.303 e. The van der Waals surface area contributed by atoms with Crippen molar-refractivity contribution >= 4 is 22.2 Å². The Morgan fingerprint density at radius 1 is 0.800 bits per heavy atom. The summed E-state index contributed by atoms with van der Waals surface area (Å²) in [7, 11) is 0. The molecule has 0 heterocycles. The Kier molecular flexibility index (Phi) is 16.8. The minimum absolute atomic E-state index is 0.592. The lowest BCUT2D eigenvalue weighted by Crippen LogP contribution is -1.97. The number of carbonyl (C=O) groups is 1. The van der Waals surface area contributed by atoms with E-state index < -0.39 is 0 Å². The van der Waals surface area contributed by atoms with Crippen LogP contribution in [0.25, 0.3) is 0 Å². The normalized spacial score (nSPS) is 12.9. The molecule has 0 radical (unpaired) electrons. The van der Waals surface area contributed by atoms with Crippen LogP contribution in [0, 0.1) is 0 Å². The van der Waals surface area contributed by atoms with Gasteiger partial charge in [-0.25, -0.2) is 0 Å². The van der Waals surface area contributed by atoms with Gasteiger partial charge in [0, 0.05) is 11.2 Å². The molecular weight excluding hydrogens is 312 g/mol. The fourth-order valence-corrected chi connectivity index (χ4v) is 2.95. The van der Waals surface area contributed by atoms with Crippen LogP contribution in [-0.4, -0.2) is 11.1 Å². The fraction of sp³-hybridized carbons (Fsp3) is 0.833. The number of allylic oxidation sites excluding steroid dienone is 2. The highest BCUT2D eigenvalue weighted by Crippen LogP contribution is 2.16. The summed E-state index contributed by atoms with van der Waals surface area (Å²) < 4.78 is 0. The molecular formula is C18H33BrO. The van der Waals surface area contributed by atoms with Crippen molar-refractivity contribution < 1.29 is 4.79 Å². The molecule has 0 rings (SSSR count). The summed E-state index contributed by atoms with van der Waals surface area (Å²) in [5, 5.41) is 0. The zero-order valence-corrected chi connectivity index (χ0v) is 14.9. The quantitative estimate of drug-likeness (QED) is 0.141. The van der Waals surface area contributed by atoms with Crippen molar-refractivity contribution in [1.29, 1.82) is 0 Å². The van der Waals surface area contributed by atoms with E-state index in [9.17, 15) is 4.79 Å². The molecule has 0 aliphatic carbocycles. The summed E-state index contributed by atoms with van der Waals surface area (Å²) in [5.74, 6) is 0. The smallest absolute Gasteiger partial charge is 0.119 e. The van der Waals surface area contributed by atoms with Crippen LogP contribution >= 0.6 is 15.9 Å². The van der Waals surface area contributed by atoms with E-state index in [0.29, 0.717) is 11.2 Å². The molecule has 0 fully saturated rings. The number of alkyl halides is 1. The number of rotatable bonds is 15. The van der Waals surface area contributed by atoms with Gasteiger partial charge in [-0.1, -0.05) is 67.1 Å². The van der Waals surface area contributed by atoms with E-state index in [2.05, 4.69) is 35.0 Å². The van der Waals surface area contributed by atoms with Crippen molar-refractivity contribution in [2.75, 3.05) is 0 Å².